The Labute approximate surface area is 130 Å². The van der Waals surface area contributed by atoms with Crippen molar-refractivity contribution < 1.29 is 14.3 Å². The molecule has 0 aromatic heterocycles. The molecule has 1 atom stereocenters. The minimum atomic E-state index is -0.980. The number of benzene rings is 1. The molecule has 6 nitrogen and oxygen atoms in total. The maximum Gasteiger partial charge on any atom is 0.325 e. The largest absolute Gasteiger partial charge is 0.497 e. The Kier molecular flexibility index (Phi) is 5.03. The molecule has 3 N–H and O–H groups in total. The number of methoxy groups -OCH3 is 1. The van der Waals surface area contributed by atoms with Gasteiger partial charge in [-0.2, -0.15) is 0 Å². The Morgan fingerprint density at radius 1 is 1.23 bits per heavy atom. The molecule has 1 aromatic carbocycles. The fourth-order valence-corrected chi connectivity index (χ4v) is 2.76. The molecule has 1 saturated heterocycles. The zero-order chi connectivity index (χ0) is 16.2. The van der Waals surface area contributed by atoms with E-state index in [2.05, 4.69) is 5.32 Å². The van der Waals surface area contributed by atoms with Gasteiger partial charge in [-0.3, -0.25) is 9.69 Å². The molecule has 120 valence electrons. The summed E-state index contributed by atoms with van der Waals surface area (Å²) in [6.07, 6.45) is 2.01. The predicted molar refractivity (Wildman–Crippen MR) is 83.5 cm³/mol. The van der Waals surface area contributed by atoms with Crippen molar-refractivity contribution in [3.05, 3.63) is 29.8 Å². The van der Waals surface area contributed by atoms with Crippen LogP contribution in [0.25, 0.3) is 0 Å². The maximum atomic E-state index is 12.8. The van der Waals surface area contributed by atoms with Gasteiger partial charge in [0.05, 0.1) is 7.11 Å². The molecule has 0 aliphatic carbocycles. The quantitative estimate of drug-likeness (QED) is 0.592. The van der Waals surface area contributed by atoms with E-state index in [1.807, 2.05) is 19.1 Å². The van der Waals surface area contributed by atoms with E-state index in [9.17, 15) is 9.59 Å². The average molecular weight is 305 g/mol. The van der Waals surface area contributed by atoms with Crippen molar-refractivity contribution >= 4 is 11.9 Å². The summed E-state index contributed by atoms with van der Waals surface area (Å²) >= 11 is 0. The van der Waals surface area contributed by atoms with Crippen LogP contribution in [-0.4, -0.2) is 37.0 Å². The van der Waals surface area contributed by atoms with Crippen LogP contribution in [0.2, 0.25) is 0 Å². The van der Waals surface area contributed by atoms with E-state index in [1.165, 1.54) is 4.90 Å². The molecule has 1 unspecified atom stereocenters. The predicted octanol–water partition coefficient (Wildman–Crippen LogP) is 1.59. The normalized spacial score (nSPS) is 21.1. The first kappa shape index (κ1) is 16.3. The van der Waals surface area contributed by atoms with Crippen molar-refractivity contribution in [2.24, 2.45) is 5.73 Å². The molecule has 0 saturated carbocycles. The van der Waals surface area contributed by atoms with Gasteiger partial charge in [-0.25, -0.2) is 4.79 Å². The standard InChI is InChI=1S/C16H23N3O3/c1-3-16(12-6-8-13(22-2)9-7-12)14(20)19(15(21)18-16)11-5-4-10-17/h6-9H,3-5,10-11,17H2,1-2H3,(H,18,21). The lowest BCUT2D eigenvalue weighted by Gasteiger charge is -2.26. The van der Waals surface area contributed by atoms with Crippen molar-refractivity contribution in [3.63, 3.8) is 0 Å². The minimum absolute atomic E-state index is 0.192. The summed E-state index contributed by atoms with van der Waals surface area (Å²) < 4.78 is 5.14. The van der Waals surface area contributed by atoms with Crippen LogP contribution in [0.1, 0.15) is 31.7 Å². The van der Waals surface area contributed by atoms with Crippen molar-refractivity contribution in [3.8, 4) is 5.75 Å². The number of ether oxygens (including phenoxy) is 1. The fourth-order valence-electron chi connectivity index (χ4n) is 2.76. The number of imide groups is 1. The highest BCUT2D eigenvalue weighted by Gasteiger charge is 2.50. The van der Waals surface area contributed by atoms with Crippen molar-refractivity contribution in [2.45, 2.75) is 31.7 Å². The molecule has 2 rings (SSSR count). The second-order valence-corrected chi connectivity index (χ2v) is 5.37. The van der Waals surface area contributed by atoms with Crippen LogP contribution in [0.5, 0.6) is 5.75 Å². The molecule has 1 aliphatic rings. The average Bonchev–Trinajstić information content (AvgIpc) is 2.80. The zero-order valence-corrected chi connectivity index (χ0v) is 13.1. The number of rotatable bonds is 7. The van der Waals surface area contributed by atoms with Gasteiger partial charge in [0.15, 0.2) is 0 Å². The first-order valence-corrected chi connectivity index (χ1v) is 7.57. The van der Waals surface area contributed by atoms with Crippen LogP contribution in [0.15, 0.2) is 24.3 Å². The van der Waals surface area contributed by atoms with Gasteiger partial charge in [0.25, 0.3) is 5.91 Å². The number of unbranched alkanes of at least 4 members (excludes halogenated alkanes) is 1. The van der Waals surface area contributed by atoms with Crippen molar-refractivity contribution in [1.82, 2.24) is 10.2 Å². The zero-order valence-electron chi connectivity index (χ0n) is 13.1. The molecular weight excluding hydrogens is 282 g/mol. The highest BCUT2D eigenvalue weighted by molar-refractivity contribution is 6.07. The molecule has 0 spiro atoms. The van der Waals surface area contributed by atoms with Crippen molar-refractivity contribution in [2.75, 3.05) is 20.2 Å². The summed E-state index contributed by atoms with van der Waals surface area (Å²) in [5.74, 6) is 0.522. The third-order valence-corrected chi connectivity index (χ3v) is 4.12. The Morgan fingerprint density at radius 3 is 2.45 bits per heavy atom. The molecule has 6 heteroatoms. The minimum Gasteiger partial charge on any atom is -0.497 e. The molecule has 0 radical (unpaired) electrons. The van der Waals surface area contributed by atoms with Gasteiger partial charge in [0.1, 0.15) is 11.3 Å². The summed E-state index contributed by atoms with van der Waals surface area (Å²) in [4.78, 5) is 26.3. The van der Waals surface area contributed by atoms with E-state index < -0.39 is 5.54 Å². The molecule has 0 bridgehead atoms. The molecular formula is C16H23N3O3. The number of carbonyl (C=O) groups is 2. The first-order chi connectivity index (χ1) is 10.6. The van der Waals surface area contributed by atoms with E-state index in [0.29, 0.717) is 25.3 Å². The van der Waals surface area contributed by atoms with E-state index in [-0.39, 0.29) is 11.9 Å². The molecule has 1 heterocycles. The van der Waals surface area contributed by atoms with Gasteiger partial charge in [-0.1, -0.05) is 19.1 Å². The highest BCUT2D eigenvalue weighted by atomic mass is 16.5. The number of nitrogens with one attached hydrogen (secondary N) is 1. The summed E-state index contributed by atoms with van der Waals surface area (Å²) in [5, 5.41) is 2.86. The number of urea groups is 1. The Bertz CT molecular complexity index is 544. The van der Waals surface area contributed by atoms with Crippen LogP contribution in [0.4, 0.5) is 4.79 Å². The number of amides is 3. The highest BCUT2D eigenvalue weighted by Crippen LogP contribution is 2.33. The third-order valence-electron chi connectivity index (χ3n) is 4.12. The molecule has 3 amide bonds. The molecule has 1 fully saturated rings. The number of nitrogens with two attached hydrogens (primary N) is 1. The lowest BCUT2D eigenvalue weighted by atomic mass is 9.87. The second-order valence-electron chi connectivity index (χ2n) is 5.37. The number of hydrogen-bond donors (Lipinski definition) is 2. The number of nitrogens with zero attached hydrogens (tertiary/aromatic N) is 1. The second kappa shape index (κ2) is 6.79. The lowest BCUT2D eigenvalue weighted by molar-refractivity contribution is -0.131. The number of carbonyl (C=O) groups excluding carboxylic acids is 2. The fraction of sp³-hybridized carbons (Fsp3) is 0.500. The monoisotopic (exact) mass is 305 g/mol. The van der Waals surface area contributed by atoms with Gasteiger partial charge >= 0.3 is 6.03 Å². The Balaban J connectivity index is 2.25. The SMILES string of the molecule is CCC1(c2ccc(OC)cc2)NC(=O)N(CCCCN)C1=O. The van der Waals surface area contributed by atoms with Gasteiger partial charge in [0, 0.05) is 6.54 Å². The van der Waals surface area contributed by atoms with Crippen molar-refractivity contribution in [1.29, 1.82) is 0 Å². The van der Waals surface area contributed by atoms with Crippen LogP contribution in [-0.2, 0) is 10.3 Å². The van der Waals surface area contributed by atoms with E-state index >= 15 is 0 Å². The van der Waals surface area contributed by atoms with Gasteiger partial charge in [0.2, 0.25) is 0 Å². The smallest absolute Gasteiger partial charge is 0.325 e. The van der Waals surface area contributed by atoms with Crippen LogP contribution < -0.4 is 15.8 Å². The van der Waals surface area contributed by atoms with E-state index in [1.54, 1.807) is 19.2 Å². The van der Waals surface area contributed by atoms with Gasteiger partial charge < -0.3 is 15.8 Å². The summed E-state index contributed by atoms with van der Waals surface area (Å²) in [6.45, 7) is 2.85. The number of hydrogen-bond acceptors (Lipinski definition) is 4. The van der Waals surface area contributed by atoms with Crippen LogP contribution >= 0.6 is 0 Å². The molecule has 22 heavy (non-hydrogen) atoms. The van der Waals surface area contributed by atoms with E-state index in [4.69, 9.17) is 10.5 Å². The first-order valence-electron chi connectivity index (χ1n) is 7.57. The topological polar surface area (TPSA) is 84.7 Å². The third kappa shape index (κ3) is 2.78. The maximum absolute atomic E-state index is 12.8. The van der Waals surface area contributed by atoms with Crippen LogP contribution in [0, 0.1) is 0 Å². The summed E-state index contributed by atoms with van der Waals surface area (Å²) in [7, 11) is 1.59. The van der Waals surface area contributed by atoms with E-state index in [0.717, 1.165) is 18.4 Å². The summed E-state index contributed by atoms with van der Waals surface area (Å²) in [5.41, 5.74) is 5.26. The summed E-state index contributed by atoms with van der Waals surface area (Å²) in [6, 6.07) is 6.90. The Morgan fingerprint density at radius 2 is 1.91 bits per heavy atom. The van der Waals surface area contributed by atoms with Crippen LogP contribution in [0.3, 0.4) is 0 Å². The van der Waals surface area contributed by atoms with Gasteiger partial charge in [-0.05, 0) is 43.5 Å². The molecule has 1 aromatic rings. The van der Waals surface area contributed by atoms with Gasteiger partial charge in [-0.15, -0.1) is 0 Å². The Hall–Kier alpha value is -2.08. The molecule has 1 aliphatic heterocycles. The lowest BCUT2D eigenvalue weighted by Crippen LogP contribution is -2.43.